The summed E-state index contributed by atoms with van der Waals surface area (Å²) in [5, 5.41) is 10.3. The fraction of sp³-hybridized carbons (Fsp3) is 0.556. The van der Waals surface area contributed by atoms with Crippen LogP contribution in [0.1, 0.15) is 53.2 Å². The molecule has 0 aromatic heterocycles. The maximum Gasteiger partial charge on any atom is 0.146 e. The normalized spacial score (nSPS) is 13.5. The summed E-state index contributed by atoms with van der Waals surface area (Å²) in [6.07, 6.45) is -0.667. The van der Waals surface area contributed by atoms with Crippen LogP contribution in [0.2, 0.25) is 16.6 Å². The number of hydrogen-bond acceptors (Lipinski definition) is 1. The van der Waals surface area contributed by atoms with Gasteiger partial charge in [-0.05, 0) is 22.2 Å². The average Bonchev–Trinajstić information content (AvgIpc) is 2.38. The Labute approximate surface area is 125 Å². The summed E-state index contributed by atoms with van der Waals surface area (Å²) in [4.78, 5) is 0. The minimum atomic E-state index is -1.74. The topological polar surface area (TPSA) is 20.2 Å². The molecule has 1 atom stereocenters. The Bertz CT molecular complexity index is 443. The predicted molar refractivity (Wildman–Crippen MR) is 90.2 cm³/mol. The van der Waals surface area contributed by atoms with Crippen molar-refractivity contribution in [3.8, 4) is 11.5 Å². The van der Waals surface area contributed by atoms with Crippen LogP contribution in [0.4, 0.5) is 0 Å². The number of hydrogen-bond donors (Lipinski definition) is 1. The van der Waals surface area contributed by atoms with Gasteiger partial charge in [-0.15, -0.1) is 5.54 Å². The van der Waals surface area contributed by atoms with Crippen LogP contribution in [0.15, 0.2) is 30.3 Å². The lowest BCUT2D eigenvalue weighted by molar-refractivity contribution is 0.238. The molecule has 0 aliphatic rings. The molecule has 1 unspecified atom stereocenters. The van der Waals surface area contributed by atoms with Crippen molar-refractivity contribution in [3.63, 3.8) is 0 Å². The van der Waals surface area contributed by atoms with Crippen LogP contribution < -0.4 is 0 Å². The highest BCUT2D eigenvalue weighted by molar-refractivity contribution is 6.90. The number of rotatable bonds is 4. The number of aliphatic hydroxyl groups excluding tert-OH is 1. The summed E-state index contributed by atoms with van der Waals surface area (Å²) >= 11 is 0. The summed E-state index contributed by atoms with van der Waals surface area (Å²) in [5.41, 5.74) is 6.24. The number of benzene rings is 1. The Morgan fingerprint density at radius 2 is 1.30 bits per heavy atom. The lowest BCUT2D eigenvalue weighted by atomic mass is 10.1. The van der Waals surface area contributed by atoms with E-state index >= 15 is 0 Å². The van der Waals surface area contributed by atoms with Crippen molar-refractivity contribution in [2.75, 3.05) is 0 Å². The van der Waals surface area contributed by atoms with Crippen molar-refractivity contribution >= 4 is 8.07 Å². The van der Waals surface area contributed by atoms with Crippen LogP contribution >= 0.6 is 0 Å². The van der Waals surface area contributed by atoms with Crippen LogP contribution in [0.5, 0.6) is 0 Å². The highest BCUT2D eigenvalue weighted by Gasteiger charge is 2.41. The Kier molecular flexibility index (Phi) is 6.04. The second-order valence-corrected chi connectivity index (χ2v) is 12.1. The van der Waals surface area contributed by atoms with Crippen molar-refractivity contribution < 1.29 is 5.11 Å². The zero-order valence-electron chi connectivity index (χ0n) is 13.6. The van der Waals surface area contributed by atoms with Gasteiger partial charge in [-0.3, -0.25) is 0 Å². The van der Waals surface area contributed by atoms with E-state index in [1.807, 2.05) is 30.3 Å². The Morgan fingerprint density at radius 3 is 1.70 bits per heavy atom. The first-order valence-electron chi connectivity index (χ1n) is 7.58. The van der Waals surface area contributed by atoms with Gasteiger partial charge in [0.05, 0.1) is 0 Å². The highest BCUT2D eigenvalue weighted by Crippen LogP contribution is 2.40. The first kappa shape index (κ1) is 17.0. The van der Waals surface area contributed by atoms with Gasteiger partial charge in [0.15, 0.2) is 0 Å². The van der Waals surface area contributed by atoms with E-state index in [1.165, 1.54) is 0 Å². The van der Waals surface area contributed by atoms with Gasteiger partial charge in [-0.2, -0.15) is 0 Å². The van der Waals surface area contributed by atoms with E-state index in [2.05, 4.69) is 53.0 Å². The van der Waals surface area contributed by atoms with Crippen LogP contribution in [0, 0.1) is 11.5 Å². The molecule has 2 heteroatoms. The van der Waals surface area contributed by atoms with Crippen LogP contribution in [0.3, 0.4) is 0 Å². The van der Waals surface area contributed by atoms with E-state index in [9.17, 15) is 5.11 Å². The molecule has 0 aliphatic carbocycles. The van der Waals surface area contributed by atoms with E-state index in [0.29, 0.717) is 16.6 Å². The largest absolute Gasteiger partial charge is 0.376 e. The zero-order chi connectivity index (χ0) is 15.3. The minimum Gasteiger partial charge on any atom is -0.376 e. The fourth-order valence-corrected chi connectivity index (χ4v) is 8.60. The minimum absolute atomic E-state index is 0.595. The van der Waals surface area contributed by atoms with Crippen molar-refractivity contribution in [1.29, 1.82) is 0 Å². The maximum absolute atomic E-state index is 10.3. The first-order chi connectivity index (χ1) is 9.32. The third kappa shape index (κ3) is 3.53. The molecule has 1 aromatic rings. The molecule has 1 aromatic carbocycles. The molecule has 110 valence electrons. The summed E-state index contributed by atoms with van der Waals surface area (Å²) < 4.78 is 0. The van der Waals surface area contributed by atoms with E-state index in [1.54, 1.807) is 0 Å². The van der Waals surface area contributed by atoms with Crippen molar-refractivity contribution in [3.05, 3.63) is 35.9 Å². The molecule has 0 heterocycles. The van der Waals surface area contributed by atoms with Gasteiger partial charge in [0.1, 0.15) is 14.2 Å². The highest BCUT2D eigenvalue weighted by atomic mass is 28.3. The van der Waals surface area contributed by atoms with E-state index in [-0.39, 0.29) is 0 Å². The molecule has 0 radical (unpaired) electrons. The third-order valence-corrected chi connectivity index (χ3v) is 10.7. The van der Waals surface area contributed by atoms with Crippen LogP contribution in [-0.4, -0.2) is 13.2 Å². The summed E-state index contributed by atoms with van der Waals surface area (Å²) in [5.74, 6) is 3.15. The first-order valence-corrected chi connectivity index (χ1v) is 9.81. The third-order valence-electron chi connectivity index (χ3n) is 4.41. The SMILES string of the molecule is CC(C)[Si](C#CC(O)c1ccccc1)(C(C)C)C(C)C. The lowest BCUT2D eigenvalue weighted by Crippen LogP contribution is -2.43. The van der Waals surface area contributed by atoms with Gasteiger partial charge in [-0.25, -0.2) is 0 Å². The molecule has 0 saturated heterocycles. The second-order valence-electron chi connectivity index (χ2n) is 6.48. The fourth-order valence-electron chi connectivity index (χ4n) is 3.35. The van der Waals surface area contributed by atoms with Gasteiger partial charge < -0.3 is 5.11 Å². The second kappa shape index (κ2) is 7.11. The molecule has 20 heavy (non-hydrogen) atoms. The standard InChI is InChI=1S/C18H28OSi/c1-14(2)20(15(3)4,16(5)6)13-12-18(19)17-10-8-7-9-11-17/h7-11,14-16,18-19H,1-6H3. The van der Waals surface area contributed by atoms with Crippen LogP contribution in [0.25, 0.3) is 0 Å². The van der Waals surface area contributed by atoms with Gasteiger partial charge in [0, 0.05) is 0 Å². The summed E-state index contributed by atoms with van der Waals surface area (Å²) in [6.45, 7) is 13.7. The molecule has 0 bridgehead atoms. The Hall–Kier alpha value is -1.04. The summed E-state index contributed by atoms with van der Waals surface area (Å²) in [7, 11) is -1.74. The molecular formula is C18H28OSi. The quantitative estimate of drug-likeness (QED) is 0.614. The van der Waals surface area contributed by atoms with Crippen molar-refractivity contribution in [1.82, 2.24) is 0 Å². The van der Waals surface area contributed by atoms with E-state index in [4.69, 9.17) is 0 Å². The van der Waals surface area contributed by atoms with Gasteiger partial charge in [0.25, 0.3) is 0 Å². The molecule has 1 nitrogen and oxygen atoms in total. The smallest absolute Gasteiger partial charge is 0.146 e. The van der Waals surface area contributed by atoms with Gasteiger partial charge in [0.2, 0.25) is 0 Å². The maximum atomic E-state index is 10.3. The molecular weight excluding hydrogens is 260 g/mol. The molecule has 1 rings (SSSR count). The van der Waals surface area contributed by atoms with Crippen molar-refractivity contribution in [2.45, 2.75) is 64.3 Å². The molecule has 0 amide bonds. The molecule has 1 N–H and O–H groups in total. The average molecular weight is 289 g/mol. The monoisotopic (exact) mass is 288 g/mol. The van der Waals surface area contributed by atoms with E-state index < -0.39 is 14.2 Å². The molecule has 0 spiro atoms. The van der Waals surface area contributed by atoms with Crippen LogP contribution in [-0.2, 0) is 0 Å². The van der Waals surface area contributed by atoms with Crippen molar-refractivity contribution in [2.24, 2.45) is 0 Å². The lowest BCUT2D eigenvalue weighted by Gasteiger charge is -2.38. The Balaban J connectivity index is 3.12. The molecule has 0 saturated carbocycles. The van der Waals surface area contributed by atoms with E-state index in [0.717, 1.165) is 5.56 Å². The van der Waals surface area contributed by atoms with Gasteiger partial charge >= 0.3 is 0 Å². The van der Waals surface area contributed by atoms with Gasteiger partial charge in [-0.1, -0.05) is 77.8 Å². The number of aliphatic hydroxyl groups is 1. The Morgan fingerprint density at radius 1 is 0.850 bits per heavy atom. The summed E-state index contributed by atoms with van der Waals surface area (Å²) in [6, 6.07) is 9.71. The predicted octanol–water partition coefficient (Wildman–Crippen LogP) is 4.94. The zero-order valence-corrected chi connectivity index (χ0v) is 14.6. The molecule has 0 fully saturated rings. The molecule has 0 aliphatic heterocycles.